The number of rotatable bonds is 9. The van der Waals surface area contributed by atoms with Crippen LogP contribution in [0.25, 0.3) is 0 Å². The summed E-state index contributed by atoms with van der Waals surface area (Å²) >= 11 is 0. The Labute approximate surface area is 163 Å². The molecular weight excluding hydrogens is 365 g/mol. The van der Waals surface area contributed by atoms with E-state index in [1.165, 1.54) is 19.2 Å². The van der Waals surface area contributed by atoms with Crippen LogP contribution in [0.4, 0.5) is 27.9 Å². The van der Waals surface area contributed by atoms with Crippen molar-refractivity contribution in [3.8, 4) is 5.75 Å². The molecule has 1 aromatic carbocycles. The van der Waals surface area contributed by atoms with E-state index in [9.17, 15) is 4.39 Å². The highest BCUT2D eigenvalue weighted by molar-refractivity contribution is 5.56. The highest BCUT2D eigenvalue weighted by Crippen LogP contribution is 2.23. The summed E-state index contributed by atoms with van der Waals surface area (Å²) in [6.45, 7) is 3.10. The van der Waals surface area contributed by atoms with Gasteiger partial charge in [-0.15, -0.1) is 0 Å². The Balaban J connectivity index is 1.71. The number of methoxy groups -OCH3 is 1. The van der Waals surface area contributed by atoms with E-state index in [2.05, 4.69) is 37.8 Å². The predicted octanol–water partition coefficient (Wildman–Crippen LogP) is 2.26. The van der Waals surface area contributed by atoms with Crippen molar-refractivity contribution in [3.05, 3.63) is 24.0 Å². The minimum absolute atomic E-state index is 0.0306. The summed E-state index contributed by atoms with van der Waals surface area (Å²) in [5.74, 6) is 0.264. The lowest BCUT2D eigenvalue weighted by Gasteiger charge is -2.23. The summed E-state index contributed by atoms with van der Waals surface area (Å²) in [6.07, 6.45) is 3.18. The van der Waals surface area contributed by atoms with E-state index < -0.39 is 5.82 Å². The highest BCUT2D eigenvalue weighted by atomic mass is 19.1. The van der Waals surface area contributed by atoms with E-state index >= 15 is 0 Å². The lowest BCUT2D eigenvalue weighted by molar-refractivity contribution is 0.0483. The van der Waals surface area contributed by atoms with E-state index in [0.717, 1.165) is 25.8 Å². The summed E-state index contributed by atoms with van der Waals surface area (Å²) in [6, 6.07) is 4.99. The molecule has 1 aromatic heterocycles. The molecule has 9 nitrogen and oxygen atoms in total. The number of hydrogen-bond acceptors (Lipinski definition) is 9. The second-order valence-electron chi connectivity index (χ2n) is 6.52. The minimum Gasteiger partial charge on any atom is -0.464 e. The van der Waals surface area contributed by atoms with Crippen molar-refractivity contribution in [2.24, 2.45) is 0 Å². The SMILES string of the molecule is CCC(Nc1nc(N)nc(Nc2ccc(OCOC)c(F)c2)n1)C1CCCN1. The van der Waals surface area contributed by atoms with Crippen molar-refractivity contribution in [3.63, 3.8) is 0 Å². The third kappa shape index (κ3) is 5.17. The number of hydrogen-bond donors (Lipinski definition) is 4. The van der Waals surface area contributed by atoms with Gasteiger partial charge in [-0.3, -0.25) is 0 Å². The first-order valence-electron chi connectivity index (χ1n) is 9.28. The van der Waals surface area contributed by atoms with E-state index in [4.69, 9.17) is 15.2 Å². The maximum atomic E-state index is 14.1. The number of ether oxygens (including phenoxy) is 2. The van der Waals surface area contributed by atoms with Gasteiger partial charge in [-0.2, -0.15) is 15.0 Å². The van der Waals surface area contributed by atoms with Gasteiger partial charge in [-0.25, -0.2) is 4.39 Å². The van der Waals surface area contributed by atoms with Crippen molar-refractivity contribution in [2.45, 2.75) is 38.3 Å². The van der Waals surface area contributed by atoms with Crippen LogP contribution in [0.2, 0.25) is 0 Å². The highest BCUT2D eigenvalue weighted by Gasteiger charge is 2.24. The van der Waals surface area contributed by atoms with Crippen LogP contribution in [0.5, 0.6) is 5.75 Å². The van der Waals surface area contributed by atoms with Gasteiger partial charge in [0.05, 0.1) is 0 Å². The van der Waals surface area contributed by atoms with Crippen LogP contribution < -0.4 is 26.4 Å². The molecule has 1 fully saturated rings. The molecule has 2 unspecified atom stereocenters. The molecule has 0 saturated carbocycles. The second kappa shape index (κ2) is 9.47. The largest absolute Gasteiger partial charge is 0.464 e. The van der Waals surface area contributed by atoms with Gasteiger partial charge < -0.3 is 31.2 Å². The monoisotopic (exact) mass is 391 g/mol. The van der Waals surface area contributed by atoms with Crippen molar-refractivity contribution in [1.29, 1.82) is 0 Å². The first-order chi connectivity index (χ1) is 13.6. The Morgan fingerprint density at radius 2 is 2.14 bits per heavy atom. The van der Waals surface area contributed by atoms with Gasteiger partial charge in [0.2, 0.25) is 17.8 Å². The standard InChI is InChI=1S/C18H26FN7O2/c1-3-13(14-5-4-8-21-14)23-18-25-16(20)24-17(26-18)22-11-6-7-15(12(19)9-11)28-10-27-2/h6-7,9,13-14,21H,3-5,8,10H2,1-2H3,(H4,20,22,23,24,25,26). The van der Waals surface area contributed by atoms with Gasteiger partial charge in [0.15, 0.2) is 18.4 Å². The molecule has 1 saturated heterocycles. The van der Waals surface area contributed by atoms with Gasteiger partial charge >= 0.3 is 0 Å². The fraction of sp³-hybridized carbons (Fsp3) is 0.500. The quantitative estimate of drug-likeness (QED) is 0.477. The summed E-state index contributed by atoms with van der Waals surface area (Å²) in [5.41, 5.74) is 6.29. The van der Waals surface area contributed by atoms with Gasteiger partial charge in [0, 0.05) is 30.9 Å². The van der Waals surface area contributed by atoms with Gasteiger partial charge in [0.25, 0.3) is 0 Å². The number of nitrogens with zero attached hydrogens (tertiary/aromatic N) is 3. The smallest absolute Gasteiger partial charge is 0.233 e. The Morgan fingerprint density at radius 1 is 1.32 bits per heavy atom. The van der Waals surface area contributed by atoms with Crippen molar-refractivity contribution in [1.82, 2.24) is 20.3 Å². The first kappa shape index (κ1) is 20.0. The van der Waals surface area contributed by atoms with E-state index in [0.29, 0.717) is 17.7 Å². The lowest BCUT2D eigenvalue weighted by Crippen LogP contribution is -2.40. The van der Waals surface area contributed by atoms with Gasteiger partial charge in [-0.1, -0.05) is 6.92 Å². The Kier molecular flexibility index (Phi) is 6.77. The maximum absolute atomic E-state index is 14.1. The summed E-state index contributed by atoms with van der Waals surface area (Å²) in [7, 11) is 1.47. The normalized spacial score (nSPS) is 17.3. The molecule has 1 aliphatic heterocycles. The van der Waals surface area contributed by atoms with Crippen LogP contribution in [-0.2, 0) is 4.74 Å². The van der Waals surface area contributed by atoms with Crippen molar-refractivity contribution >= 4 is 23.5 Å². The number of halogens is 1. The molecule has 28 heavy (non-hydrogen) atoms. The van der Waals surface area contributed by atoms with Crippen LogP contribution in [0.15, 0.2) is 18.2 Å². The molecule has 1 aliphatic rings. The Bertz CT molecular complexity index is 787. The molecule has 2 heterocycles. The maximum Gasteiger partial charge on any atom is 0.233 e. The minimum atomic E-state index is -0.527. The van der Waals surface area contributed by atoms with Gasteiger partial charge in [0.1, 0.15) is 0 Å². The summed E-state index contributed by atoms with van der Waals surface area (Å²) in [5, 5.41) is 9.75. The molecule has 0 aliphatic carbocycles. The number of anilines is 4. The molecule has 10 heteroatoms. The Morgan fingerprint density at radius 3 is 2.82 bits per heavy atom. The fourth-order valence-corrected chi connectivity index (χ4v) is 3.17. The van der Waals surface area contributed by atoms with Crippen LogP contribution in [0.1, 0.15) is 26.2 Å². The molecule has 0 amide bonds. The second-order valence-corrected chi connectivity index (χ2v) is 6.52. The molecular formula is C18H26FN7O2. The predicted molar refractivity (Wildman–Crippen MR) is 105 cm³/mol. The zero-order valence-corrected chi connectivity index (χ0v) is 16.0. The van der Waals surface area contributed by atoms with Crippen LogP contribution in [0, 0.1) is 5.82 Å². The third-order valence-electron chi connectivity index (χ3n) is 4.51. The van der Waals surface area contributed by atoms with Crippen LogP contribution in [0.3, 0.4) is 0 Å². The van der Waals surface area contributed by atoms with Crippen LogP contribution in [-0.4, -0.2) is 47.5 Å². The average molecular weight is 391 g/mol. The molecule has 2 atom stereocenters. The molecule has 152 valence electrons. The zero-order chi connectivity index (χ0) is 19.9. The van der Waals surface area contributed by atoms with E-state index in [1.807, 2.05) is 0 Å². The summed E-state index contributed by atoms with van der Waals surface area (Å²) in [4.78, 5) is 12.6. The summed E-state index contributed by atoms with van der Waals surface area (Å²) < 4.78 is 24.0. The molecule has 3 rings (SSSR count). The van der Waals surface area contributed by atoms with Gasteiger partial charge in [-0.05, 0) is 37.9 Å². The zero-order valence-electron chi connectivity index (χ0n) is 16.0. The Hall–Kier alpha value is -2.72. The average Bonchev–Trinajstić information content (AvgIpc) is 3.19. The van der Waals surface area contributed by atoms with E-state index in [1.54, 1.807) is 6.07 Å². The molecule has 0 radical (unpaired) electrons. The molecule has 5 N–H and O–H groups in total. The van der Waals surface area contributed by atoms with Crippen molar-refractivity contribution in [2.75, 3.05) is 36.8 Å². The molecule has 0 spiro atoms. The van der Waals surface area contributed by atoms with Crippen LogP contribution >= 0.6 is 0 Å². The molecule has 2 aromatic rings. The number of benzene rings is 1. The third-order valence-corrected chi connectivity index (χ3v) is 4.51. The number of aromatic nitrogens is 3. The number of nitrogens with one attached hydrogen (secondary N) is 3. The fourth-order valence-electron chi connectivity index (χ4n) is 3.17. The number of nitrogens with two attached hydrogens (primary N) is 1. The lowest BCUT2D eigenvalue weighted by atomic mass is 10.0. The van der Waals surface area contributed by atoms with E-state index in [-0.39, 0.29) is 30.5 Å². The first-order valence-corrected chi connectivity index (χ1v) is 9.28. The number of nitrogen functional groups attached to an aromatic ring is 1. The van der Waals surface area contributed by atoms with Crippen molar-refractivity contribution < 1.29 is 13.9 Å². The topological polar surface area (TPSA) is 119 Å². The molecule has 0 bridgehead atoms.